The van der Waals surface area contributed by atoms with Crippen LogP contribution in [-0.2, 0) is 19.0 Å². The Bertz CT molecular complexity index is 232. The molecule has 4 heteroatoms. The van der Waals surface area contributed by atoms with E-state index in [9.17, 15) is 4.79 Å². The van der Waals surface area contributed by atoms with Gasteiger partial charge in [-0.05, 0) is 19.3 Å². The predicted molar refractivity (Wildman–Crippen MR) is 49.3 cm³/mol. The molecule has 1 saturated heterocycles. The van der Waals surface area contributed by atoms with Crippen molar-refractivity contribution in [3.63, 3.8) is 0 Å². The van der Waals surface area contributed by atoms with Crippen LogP contribution in [0.2, 0.25) is 0 Å². The van der Waals surface area contributed by atoms with Crippen molar-refractivity contribution in [1.82, 2.24) is 0 Å². The zero-order chi connectivity index (χ0) is 10.2. The van der Waals surface area contributed by atoms with E-state index in [-0.39, 0.29) is 12.9 Å². The average molecular weight is 198 g/mol. The van der Waals surface area contributed by atoms with E-state index in [1.54, 1.807) is 0 Å². The molecule has 1 heterocycles. The van der Waals surface area contributed by atoms with Crippen LogP contribution in [-0.4, -0.2) is 32.6 Å². The van der Waals surface area contributed by atoms with E-state index in [4.69, 9.17) is 9.47 Å². The largest absolute Gasteiger partial charge is 0.459 e. The van der Waals surface area contributed by atoms with Crippen LogP contribution >= 0.6 is 0 Å². The second kappa shape index (κ2) is 6.41. The first-order valence-electron chi connectivity index (χ1n) is 4.63. The maximum atomic E-state index is 10.6. The molecule has 0 spiro atoms. The Hall–Kier alpha value is -1.05. The molecule has 0 aromatic heterocycles. The van der Waals surface area contributed by atoms with Crippen molar-refractivity contribution < 1.29 is 19.0 Å². The molecule has 0 aromatic rings. The molecule has 14 heavy (non-hydrogen) atoms. The second-order valence-electron chi connectivity index (χ2n) is 2.90. The van der Waals surface area contributed by atoms with Crippen LogP contribution in [0.15, 0.2) is 0 Å². The molecular formula is C10H14O4. The fraction of sp³-hybridized carbons (Fsp3) is 0.700. The van der Waals surface area contributed by atoms with Crippen LogP contribution in [0.4, 0.5) is 0 Å². The molecular weight excluding hydrogens is 184 g/mol. The van der Waals surface area contributed by atoms with E-state index >= 15 is 0 Å². The Kier molecular flexibility index (Phi) is 5.05. The Morgan fingerprint density at radius 1 is 1.57 bits per heavy atom. The minimum atomic E-state index is -0.543. The smallest absolute Gasteiger partial charge is 0.384 e. The van der Waals surface area contributed by atoms with Gasteiger partial charge in [0.1, 0.15) is 6.61 Å². The minimum absolute atomic E-state index is 0.157. The van der Waals surface area contributed by atoms with Crippen molar-refractivity contribution in [3.05, 3.63) is 0 Å². The standard InChI is InChI=1S/C10H14O4/c1-12-9(11)5-4-8-14-10-6-2-3-7-13-10/h10H,2-3,6-8H2,1H3. The Labute approximate surface area is 83.5 Å². The van der Waals surface area contributed by atoms with Gasteiger partial charge in [0, 0.05) is 12.5 Å². The maximum Gasteiger partial charge on any atom is 0.384 e. The summed E-state index contributed by atoms with van der Waals surface area (Å²) in [6, 6.07) is 0. The summed E-state index contributed by atoms with van der Waals surface area (Å²) in [5.41, 5.74) is 0. The van der Waals surface area contributed by atoms with Crippen molar-refractivity contribution in [2.45, 2.75) is 25.6 Å². The van der Waals surface area contributed by atoms with Crippen LogP contribution in [0, 0.1) is 11.8 Å². The molecule has 0 N–H and O–H groups in total. The molecule has 1 atom stereocenters. The van der Waals surface area contributed by atoms with Crippen molar-refractivity contribution in [2.75, 3.05) is 20.3 Å². The highest BCUT2D eigenvalue weighted by Crippen LogP contribution is 2.12. The maximum absolute atomic E-state index is 10.6. The highest BCUT2D eigenvalue weighted by atomic mass is 16.7. The second-order valence-corrected chi connectivity index (χ2v) is 2.90. The summed E-state index contributed by atoms with van der Waals surface area (Å²) in [5, 5.41) is 0. The number of hydrogen-bond acceptors (Lipinski definition) is 4. The lowest BCUT2D eigenvalue weighted by Gasteiger charge is -2.21. The number of hydrogen-bond donors (Lipinski definition) is 0. The van der Waals surface area contributed by atoms with Gasteiger partial charge in [0.05, 0.1) is 7.11 Å². The molecule has 78 valence electrons. The Morgan fingerprint density at radius 2 is 2.43 bits per heavy atom. The zero-order valence-corrected chi connectivity index (χ0v) is 8.25. The molecule has 0 saturated carbocycles. The van der Waals surface area contributed by atoms with Gasteiger partial charge in [-0.15, -0.1) is 0 Å². The van der Waals surface area contributed by atoms with Gasteiger partial charge in [-0.1, -0.05) is 5.92 Å². The third-order valence-electron chi connectivity index (χ3n) is 1.86. The number of carbonyl (C=O) groups is 1. The summed E-state index contributed by atoms with van der Waals surface area (Å²) in [6.07, 6.45) is 2.96. The van der Waals surface area contributed by atoms with Crippen molar-refractivity contribution in [3.8, 4) is 11.8 Å². The van der Waals surface area contributed by atoms with Gasteiger partial charge in [0.25, 0.3) is 0 Å². The van der Waals surface area contributed by atoms with E-state index in [2.05, 4.69) is 16.6 Å². The van der Waals surface area contributed by atoms with Gasteiger partial charge in [-0.3, -0.25) is 0 Å². The summed E-state index contributed by atoms with van der Waals surface area (Å²) in [6.45, 7) is 0.953. The molecule has 1 unspecified atom stereocenters. The van der Waals surface area contributed by atoms with E-state index in [1.807, 2.05) is 0 Å². The monoisotopic (exact) mass is 198 g/mol. The van der Waals surface area contributed by atoms with E-state index in [1.165, 1.54) is 7.11 Å². The molecule has 0 bridgehead atoms. The molecule has 1 fully saturated rings. The number of methoxy groups -OCH3 is 1. The number of esters is 1. The third-order valence-corrected chi connectivity index (χ3v) is 1.86. The Morgan fingerprint density at radius 3 is 3.07 bits per heavy atom. The summed E-state index contributed by atoms with van der Waals surface area (Å²) >= 11 is 0. The van der Waals surface area contributed by atoms with E-state index in [0.29, 0.717) is 0 Å². The zero-order valence-electron chi connectivity index (χ0n) is 8.25. The van der Waals surface area contributed by atoms with Crippen LogP contribution in [0.5, 0.6) is 0 Å². The van der Waals surface area contributed by atoms with Crippen molar-refractivity contribution in [2.24, 2.45) is 0 Å². The molecule has 4 nitrogen and oxygen atoms in total. The first kappa shape index (κ1) is 11.0. The van der Waals surface area contributed by atoms with Crippen molar-refractivity contribution in [1.29, 1.82) is 0 Å². The molecule has 1 aliphatic heterocycles. The lowest BCUT2D eigenvalue weighted by Crippen LogP contribution is -2.22. The van der Waals surface area contributed by atoms with Crippen LogP contribution in [0.3, 0.4) is 0 Å². The van der Waals surface area contributed by atoms with Crippen molar-refractivity contribution >= 4 is 5.97 Å². The molecule has 0 amide bonds. The van der Waals surface area contributed by atoms with Crippen LogP contribution < -0.4 is 0 Å². The van der Waals surface area contributed by atoms with Gasteiger partial charge >= 0.3 is 5.97 Å². The molecule has 1 rings (SSSR count). The quantitative estimate of drug-likeness (QED) is 0.372. The van der Waals surface area contributed by atoms with Crippen LogP contribution in [0.1, 0.15) is 19.3 Å². The molecule has 0 aromatic carbocycles. The topological polar surface area (TPSA) is 44.8 Å². The molecule has 1 aliphatic rings. The minimum Gasteiger partial charge on any atom is -0.459 e. The average Bonchev–Trinajstić information content (AvgIpc) is 2.25. The Balaban J connectivity index is 2.12. The lowest BCUT2D eigenvalue weighted by molar-refractivity contribution is -0.154. The normalized spacial score (nSPS) is 20.8. The van der Waals surface area contributed by atoms with Gasteiger partial charge in [0.15, 0.2) is 6.29 Å². The summed E-state index contributed by atoms with van der Waals surface area (Å²) in [4.78, 5) is 10.6. The van der Waals surface area contributed by atoms with Gasteiger partial charge in [0.2, 0.25) is 0 Å². The first-order chi connectivity index (χ1) is 6.83. The van der Waals surface area contributed by atoms with E-state index < -0.39 is 5.97 Å². The number of rotatable bonds is 2. The summed E-state index contributed by atoms with van der Waals surface area (Å²) < 4.78 is 14.9. The number of carbonyl (C=O) groups excluding carboxylic acids is 1. The highest BCUT2D eigenvalue weighted by Gasteiger charge is 2.12. The van der Waals surface area contributed by atoms with E-state index in [0.717, 1.165) is 25.9 Å². The lowest BCUT2D eigenvalue weighted by atomic mass is 10.2. The first-order valence-corrected chi connectivity index (χ1v) is 4.63. The van der Waals surface area contributed by atoms with Gasteiger partial charge in [-0.25, -0.2) is 4.79 Å². The fourth-order valence-corrected chi connectivity index (χ4v) is 1.14. The van der Waals surface area contributed by atoms with Gasteiger partial charge in [-0.2, -0.15) is 0 Å². The molecule has 0 radical (unpaired) electrons. The van der Waals surface area contributed by atoms with Crippen LogP contribution in [0.25, 0.3) is 0 Å². The summed E-state index contributed by atoms with van der Waals surface area (Å²) in [7, 11) is 1.29. The highest BCUT2D eigenvalue weighted by molar-refractivity contribution is 5.88. The SMILES string of the molecule is COC(=O)C#CCOC1CCCCO1. The third kappa shape index (κ3) is 4.26. The summed E-state index contributed by atoms with van der Waals surface area (Å²) in [5.74, 6) is 4.29. The van der Waals surface area contributed by atoms with Gasteiger partial charge < -0.3 is 14.2 Å². The predicted octanol–water partition coefficient (Wildman–Crippen LogP) is 0.706. The number of ether oxygens (including phenoxy) is 3. The molecule has 0 aliphatic carbocycles. The fourth-order valence-electron chi connectivity index (χ4n) is 1.14.